The fourth-order valence-electron chi connectivity index (χ4n) is 3.73. The lowest BCUT2D eigenvalue weighted by Crippen LogP contribution is -1.98. The zero-order valence-corrected chi connectivity index (χ0v) is 15.4. The molecule has 0 aliphatic heterocycles. The first-order chi connectivity index (χ1) is 13.7. The average Bonchev–Trinajstić information content (AvgIpc) is 3.24. The highest BCUT2D eigenvalue weighted by atomic mass is 16.3. The third-order valence-electron chi connectivity index (χ3n) is 4.98. The summed E-state index contributed by atoms with van der Waals surface area (Å²) < 4.78 is 4.26. The van der Waals surface area contributed by atoms with Gasteiger partial charge in [0.1, 0.15) is 5.75 Å². The molecule has 0 saturated carbocycles. The third kappa shape index (κ3) is 2.50. The van der Waals surface area contributed by atoms with E-state index < -0.39 is 0 Å². The zero-order chi connectivity index (χ0) is 19.1. The fraction of sp³-hybridized carbons (Fsp3) is 0.0417. The van der Waals surface area contributed by atoms with Crippen molar-refractivity contribution in [2.45, 2.75) is 6.92 Å². The van der Waals surface area contributed by atoms with Crippen molar-refractivity contribution in [2.75, 3.05) is 0 Å². The van der Waals surface area contributed by atoms with Crippen LogP contribution < -0.4 is 0 Å². The van der Waals surface area contributed by atoms with Gasteiger partial charge in [0.05, 0.1) is 11.1 Å². The second-order valence-electron chi connectivity index (χ2n) is 6.79. The standard InChI is InChI=1S/C24H19N3O/c1-17-16-21-24(26(17)18-10-4-2-5-11-18)25-23(20-14-8-9-15-22(20)28)27(21)19-12-6-3-7-13-19/h2-16,28H,1H3. The summed E-state index contributed by atoms with van der Waals surface area (Å²) in [5.74, 6) is 0.939. The Hall–Kier alpha value is -3.79. The normalized spacial score (nSPS) is 11.2. The van der Waals surface area contributed by atoms with Crippen molar-refractivity contribution in [2.24, 2.45) is 0 Å². The highest BCUT2D eigenvalue weighted by molar-refractivity contribution is 5.85. The number of imidazole rings is 1. The summed E-state index contributed by atoms with van der Waals surface area (Å²) >= 11 is 0. The molecule has 0 radical (unpaired) electrons. The van der Waals surface area contributed by atoms with Crippen molar-refractivity contribution in [3.05, 3.63) is 96.7 Å². The van der Waals surface area contributed by atoms with Gasteiger partial charge in [-0.3, -0.25) is 9.13 Å². The Balaban J connectivity index is 1.87. The maximum absolute atomic E-state index is 10.5. The zero-order valence-electron chi connectivity index (χ0n) is 15.4. The highest BCUT2D eigenvalue weighted by Crippen LogP contribution is 2.35. The van der Waals surface area contributed by atoms with Crippen LogP contribution in [0, 0.1) is 6.92 Å². The first-order valence-corrected chi connectivity index (χ1v) is 9.24. The molecule has 0 fully saturated rings. The van der Waals surface area contributed by atoms with Gasteiger partial charge in [-0.2, -0.15) is 0 Å². The number of phenolic OH excluding ortho intramolecular Hbond substituents is 1. The molecule has 2 heterocycles. The summed E-state index contributed by atoms with van der Waals surface area (Å²) in [5.41, 5.74) is 5.76. The van der Waals surface area contributed by atoms with Crippen LogP contribution in [0.25, 0.3) is 33.9 Å². The number of rotatable bonds is 3. The first kappa shape index (κ1) is 16.4. The van der Waals surface area contributed by atoms with E-state index >= 15 is 0 Å². The molecule has 1 N–H and O–H groups in total. The van der Waals surface area contributed by atoms with E-state index in [1.807, 2.05) is 54.6 Å². The SMILES string of the molecule is Cc1cc2c(nc(-c3ccccc3O)n2-c2ccccc2)n1-c1ccccc1. The number of phenols is 1. The summed E-state index contributed by atoms with van der Waals surface area (Å²) in [6, 6.07) is 29.8. The number of para-hydroxylation sites is 3. The van der Waals surface area contributed by atoms with Gasteiger partial charge in [-0.25, -0.2) is 4.98 Å². The molecule has 0 aliphatic carbocycles. The molecule has 0 atom stereocenters. The number of hydrogen-bond acceptors (Lipinski definition) is 2. The summed E-state index contributed by atoms with van der Waals surface area (Å²) in [7, 11) is 0. The summed E-state index contributed by atoms with van der Waals surface area (Å²) in [4.78, 5) is 4.98. The lowest BCUT2D eigenvalue weighted by molar-refractivity contribution is 0.477. The van der Waals surface area contributed by atoms with Crippen molar-refractivity contribution in [3.8, 4) is 28.5 Å². The van der Waals surface area contributed by atoms with Crippen LogP contribution in [0.3, 0.4) is 0 Å². The van der Waals surface area contributed by atoms with Crippen molar-refractivity contribution in [1.82, 2.24) is 14.1 Å². The quantitative estimate of drug-likeness (QED) is 0.459. The van der Waals surface area contributed by atoms with Crippen LogP contribution in [-0.4, -0.2) is 19.2 Å². The van der Waals surface area contributed by atoms with E-state index in [1.165, 1.54) is 0 Å². The Bertz CT molecular complexity index is 1270. The Morgan fingerprint density at radius 3 is 1.93 bits per heavy atom. The predicted molar refractivity (Wildman–Crippen MR) is 112 cm³/mol. The maximum Gasteiger partial charge on any atom is 0.164 e. The number of fused-ring (bicyclic) bond motifs is 1. The summed E-state index contributed by atoms with van der Waals surface area (Å²) in [6.45, 7) is 2.09. The van der Waals surface area contributed by atoms with Crippen LogP contribution in [0.4, 0.5) is 0 Å². The van der Waals surface area contributed by atoms with E-state index in [1.54, 1.807) is 6.07 Å². The second kappa shape index (κ2) is 6.43. The third-order valence-corrected chi connectivity index (χ3v) is 4.98. The van der Waals surface area contributed by atoms with Crippen LogP contribution in [0.15, 0.2) is 91.0 Å². The Morgan fingerprint density at radius 2 is 1.29 bits per heavy atom. The molecule has 5 aromatic rings. The van der Waals surface area contributed by atoms with E-state index in [0.717, 1.165) is 34.1 Å². The smallest absolute Gasteiger partial charge is 0.164 e. The molecule has 5 rings (SSSR count). The van der Waals surface area contributed by atoms with E-state index in [-0.39, 0.29) is 5.75 Å². The van der Waals surface area contributed by atoms with Crippen LogP contribution in [0.5, 0.6) is 5.75 Å². The van der Waals surface area contributed by atoms with E-state index in [9.17, 15) is 5.11 Å². The maximum atomic E-state index is 10.5. The largest absolute Gasteiger partial charge is 0.507 e. The minimum Gasteiger partial charge on any atom is -0.507 e. The fourth-order valence-corrected chi connectivity index (χ4v) is 3.73. The van der Waals surface area contributed by atoms with Gasteiger partial charge in [-0.05, 0) is 49.4 Å². The van der Waals surface area contributed by atoms with Crippen molar-refractivity contribution < 1.29 is 5.11 Å². The Morgan fingerprint density at radius 1 is 0.714 bits per heavy atom. The highest BCUT2D eigenvalue weighted by Gasteiger charge is 2.21. The molecular weight excluding hydrogens is 346 g/mol. The van der Waals surface area contributed by atoms with Gasteiger partial charge in [-0.15, -0.1) is 0 Å². The molecule has 3 aromatic carbocycles. The molecule has 28 heavy (non-hydrogen) atoms. The minimum absolute atomic E-state index is 0.218. The molecular formula is C24H19N3O. The van der Waals surface area contributed by atoms with Crippen molar-refractivity contribution in [1.29, 1.82) is 0 Å². The van der Waals surface area contributed by atoms with Gasteiger partial charge in [0.15, 0.2) is 11.5 Å². The van der Waals surface area contributed by atoms with Gasteiger partial charge >= 0.3 is 0 Å². The van der Waals surface area contributed by atoms with Crippen molar-refractivity contribution in [3.63, 3.8) is 0 Å². The molecule has 0 spiro atoms. The molecule has 0 amide bonds. The molecule has 0 unspecified atom stereocenters. The molecule has 0 bridgehead atoms. The summed E-state index contributed by atoms with van der Waals surface area (Å²) in [6.07, 6.45) is 0. The molecule has 136 valence electrons. The lowest BCUT2D eigenvalue weighted by Gasteiger charge is -2.10. The molecule has 4 heteroatoms. The van der Waals surface area contributed by atoms with Gasteiger partial charge in [0.25, 0.3) is 0 Å². The number of aryl methyl sites for hydroxylation is 1. The molecule has 0 saturated heterocycles. The predicted octanol–water partition coefficient (Wildman–Crippen LogP) is 5.50. The van der Waals surface area contributed by atoms with E-state index in [2.05, 4.69) is 46.4 Å². The summed E-state index contributed by atoms with van der Waals surface area (Å²) in [5, 5.41) is 10.5. The lowest BCUT2D eigenvalue weighted by atomic mass is 10.2. The van der Waals surface area contributed by atoms with Crippen LogP contribution >= 0.6 is 0 Å². The number of hydrogen-bond donors (Lipinski definition) is 1. The number of aromatic hydroxyl groups is 1. The molecule has 4 nitrogen and oxygen atoms in total. The monoisotopic (exact) mass is 365 g/mol. The van der Waals surface area contributed by atoms with E-state index in [4.69, 9.17) is 4.98 Å². The first-order valence-electron chi connectivity index (χ1n) is 9.24. The van der Waals surface area contributed by atoms with Crippen LogP contribution in [0.2, 0.25) is 0 Å². The topological polar surface area (TPSA) is 43.0 Å². The van der Waals surface area contributed by atoms with Gasteiger partial charge in [0.2, 0.25) is 0 Å². The number of nitrogens with zero attached hydrogens (tertiary/aromatic N) is 3. The van der Waals surface area contributed by atoms with Gasteiger partial charge in [0, 0.05) is 17.1 Å². The van der Waals surface area contributed by atoms with Crippen LogP contribution in [-0.2, 0) is 0 Å². The Kier molecular flexibility index (Phi) is 3.76. The van der Waals surface area contributed by atoms with Crippen molar-refractivity contribution >= 4 is 11.2 Å². The molecule has 2 aromatic heterocycles. The minimum atomic E-state index is 0.218. The second-order valence-corrected chi connectivity index (χ2v) is 6.79. The van der Waals surface area contributed by atoms with Gasteiger partial charge < -0.3 is 5.11 Å². The Labute approximate surface area is 163 Å². The number of aromatic nitrogens is 3. The average molecular weight is 365 g/mol. The molecule has 0 aliphatic rings. The van der Waals surface area contributed by atoms with Gasteiger partial charge in [-0.1, -0.05) is 48.5 Å². The van der Waals surface area contributed by atoms with E-state index in [0.29, 0.717) is 5.56 Å². The van der Waals surface area contributed by atoms with Crippen LogP contribution in [0.1, 0.15) is 5.69 Å². The number of benzene rings is 3.